The van der Waals surface area contributed by atoms with Crippen molar-refractivity contribution in [3.05, 3.63) is 35.4 Å². The quantitative estimate of drug-likeness (QED) is 0.521. The van der Waals surface area contributed by atoms with Crippen LogP contribution in [0, 0.1) is 0 Å². The van der Waals surface area contributed by atoms with Gasteiger partial charge >= 0.3 is 159 Å². The fourth-order valence-corrected chi connectivity index (χ4v) is 2.77. The zero-order valence-electron chi connectivity index (χ0n) is 14.9. The molecule has 1 heterocycles. The maximum absolute atomic E-state index is 5.23. The Hall–Kier alpha value is -0.371. The van der Waals surface area contributed by atoms with Crippen LogP contribution in [0.2, 0.25) is 0 Å². The molecule has 25 heavy (non-hydrogen) atoms. The van der Waals surface area contributed by atoms with E-state index in [4.69, 9.17) is 7.74 Å². The van der Waals surface area contributed by atoms with Gasteiger partial charge in [0.05, 0.1) is 0 Å². The molecule has 12 heteroatoms. The van der Waals surface area contributed by atoms with E-state index in [1.807, 2.05) is 47.1 Å². The van der Waals surface area contributed by atoms with Crippen LogP contribution in [0.5, 0.6) is 0 Å². The van der Waals surface area contributed by atoms with E-state index in [1.54, 1.807) is 6.69 Å². The van der Waals surface area contributed by atoms with E-state index in [0.29, 0.717) is 0 Å². The van der Waals surface area contributed by atoms with E-state index in [-0.39, 0.29) is 0 Å². The van der Waals surface area contributed by atoms with Gasteiger partial charge in [-0.25, -0.2) is 0 Å². The van der Waals surface area contributed by atoms with Gasteiger partial charge in [-0.15, -0.1) is 0 Å². The van der Waals surface area contributed by atoms with E-state index in [0.717, 1.165) is 19.5 Å². The van der Waals surface area contributed by atoms with Gasteiger partial charge in [-0.1, -0.05) is 0 Å². The molecular weight excluding hydrogens is 292 g/mol. The molecule has 2 nitrogen and oxygen atoms in total. The molecule has 110 valence electrons. The van der Waals surface area contributed by atoms with Gasteiger partial charge in [0.25, 0.3) is 0 Å². The third-order valence-electron chi connectivity index (χ3n) is 4.13. The summed E-state index contributed by atoms with van der Waals surface area (Å²) >= 11 is 0. The molecule has 1 aromatic rings. The predicted octanol–water partition coefficient (Wildman–Crippen LogP) is -1.25. The van der Waals surface area contributed by atoms with Crippen molar-refractivity contribution in [1.29, 1.82) is 0 Å². The Morgan fingerprint density at radius 1 is 0.840 bits per heavy atom. The molecule has 2 rings (SSSR count). The molecule has 0 aromatic heterocycles. The van der Waals surface area contributed by atoms with E-state index in [2.05, 4.69) is 34.1 Å². The standard InChI is InChI=1S/C13H18B10N2/c14-15-16-17-18-19-20-21-22-23-24-8-7-12-3-5-13(6-4-12)11-25-9-1-2-10-25/h3-6H,1-2,7-11H2. The fraction of sp³-hybridized carbons (Fsp3) is 0.538. The van der Waals surface area contributed by atoms with Gasteiger partial charge in [-0.3, -0.25) is 0 Å². The molecule has 1 aliphatic heterocycles. The first kappa shape index (κ1) is 20.9. The van der Waals surface area contributed by atoms with Gasteiger partial charge in [0.1, 0.15) is 0 Å². The average Bonchev–Trinajstić information content (AvgIpc) is 3.14. The molecule has 0 aliphatic carbocycles. The molecule has 0 amide bonds. The molecule has 0 spiro atoms. The molecular formula is C13H18B10N2. The third kappa shape index (κ3) is 9.77. The summed E-state index contributed by atoms with van der Waals surface area (Å²) in [6.45, 7) is 21.2. The van der Waals surface area contributed by atoms with Gasteiger partial charge in [0.15, 0.2) is 0 Å². The van der Waals surface area contributed by atoms with Crippen LogP contribution in [0.15, 0.2) is 29.2 Å². The second-order valence-corrected chi connectivity index (χ2v) is 6.14. The van der Waals surface area contributed by atoms with Gasteiger partial charge in [0.2, 0.25) is 0 Å². The van der Waals surface area contributed by atoms with Crippen LogP contribution in [0.25, 0.3) is 0 Å². The summed E-state index contributed by atoms with van der Waals surface area (Å²) in [5, 5.41) is 0. The maximum atomic E-state index is 5.23. The van der Waals surface area contributed by atoms with Gasteiger partial charge in [-0.05, 0) is 0 Å². The van der Waals surface area contributed by atoms with Crippen molar-refractivity contribution >= 4 is 68.2 Å². The van der Waals surface area contributed by atoms with E-state index >= 15 is 0 Å². The first-order valence-electron chi connectivity index (χ1n) is 9.05. The summed E-state index contributed by atoms with van der Waals surface area (Å²) in [7, 11) is 5.23. The van der Waals surface area contributed by atoms with Crippen molar-refractivity contribution < 1.29 is 0 Å². The average molecular weight is 310 g/mol. The number of likely N-dealkylation sites (tertiary alicyclic amines) is 1. The van der Waals surface area contributed by atoms with Crippen LogP contribution in [-0.4, -0.2) is 92.8 Å². The molecule has 0 unspecified atom stereocenters. The molecule has 2 radical (unpaired) electrons. The number of hydrogen-bond donors (Lipinski definition) is 0. The van der Waals surface area contributed by atoms with Gasteiger partial charge in [0, 0.05) is 0 Å². The molecule has 0 bridgehead atoms. The number of benzene rings is 1. The second kappa shape index (κ2) is 13.8. The van der Waals surface area contributed by atoms with Crippen LogP contribution >= 0.6 is 0 Å². The Morgan fingerprint density at radius 3 is 2.12 bits per heavy atom. The summed E-state index contributed by atoms with van der Waals surface area (Å²) in [6.07, 6.45) is 3.68. The molecule has 0 saturated carbocycles. The topological polar surface area (TPSA) is 15.6 Å². The first-order valence-corrected chi connectivity index (χ1v) is 9.05. The molecule has 1 aliphatic rings. The minimum absolute atomic E-state index is 0.820. The zero-order valence-corrected chi connectivity index (χ0v) is 14.9. The normalized spacial score (nSPS) is 13.8. The van der Waals surface area contributed by atoms with Crippen molar-refractivity contribution in [1.82, 2.24) is 4.90 Å². The van der Waals surface area contributed by atoms with Crippen molar-refractivity contribution in [3.8, 4) is 0 Å². The Bertz CT molecular complexity index is 635. The minimum atomic E-state index is 0.820. The van der Waals surface area contributed by atoms with Crippen LogP contribution < -0.4 is 0 Å². The van der Waals surface area contributed by atoms with Crippen molar-refractivity contribution in [2.45, 2.75) is 25.8 Å². The van der Waals surface area contributed by atoms with E-state index in [1.165, 1.54) is 43.8 Å². The molecule has 1 saturated heterocycles. The van der Waals surface area contributed by atoms with Crippen LogP contribution in [0.3, 0.4) is 0 Å². The Balaban J connectivity index is 1.63. The Morgan fingerprint density at radius 2 is 1.44 bits per heavy atom. The van der Waals surface area contributed by atoms with E-state index in [9.17, 15) is 0 Å². The molecule has 1 aromatic carbocycles. The Kier molecular flexibility index (Phi) is 11.5. The predicted molar refractivity (Wildman–Crippen MR) is 119 cm³/mol. The Labute approximate surface area is 159 Å². The number of hydrogen-bond acceptors (Lipinski definition) is 2. The molecule has 0 N–H and O–H groups in total. The van der Waals surface area contributed by atoms with E-state index < -0.39 is 0 Å². The van der Waals surface area contributed by atoms with Crippen LogP contribution in [0.4, 0.5) is 0 Å². The van der Waals surface area contributed by atoms with Gasteiger partial charge in [-0.2, -0.15) is 0 Å². The molecule has 1 fully saturated rings. The summed E-state index contributed by atoms with van der Waals surface area (Å²) in [4.78, 5) is 6.95. The first-order chi connectivity index (χ1) is 12.4. The summed E-state index contributed by atoms with van der Waals surface area (Å²) in [5.41, 5.74) is 2.77. The SMILES string of the molecule is [B]B=BB=BB=BB=BB=NCCc1ccc(CN2CCCC2)cc1. The summed E-state index contributed by atoms with van der Waals surface area (Å²) in [6, 6.07) is 8.99. The fourth-order valence-electron chi connectivity index (χ4n) is 2.77. The van der Waals surface area contributed by atoms with Crippen LogP contribution in [0.1, 0.15) is 24.0 Å². The zero-order chi connectivity index (χ0) is 17.6. The van der Waals surface area contributed by atoms with Crippen molar-refractivity contribution in [3.63, 3.8) is 0 Å². The van der Waals surface area contributed by atoms with Crippen molar-refractivity contribution in [2.24, 2.45) is 4.90 Å². The summed E-state index contributed by atoms with van der Waals surface area (Å²) < 4.78 is 0. The molecule has 0 atom stereocenters. The van der Waals surface area contributed by atoms with Crippen LogP contribution in [-0.2, 0) is 13.0 Å². The third-order valence-corrected chi connectivity index (χ3v) is 4.13. The number of rotatable bonds is 9. The van der Waals surface area contributed by atoms with Crippen molar-refractivity contribution in [2.75, 3.05) is 19.6 Å². The monoisotopic (exact) mass is 312 g/mol. The second-order valence-electron chi connectivity index (χ2n) is 6.14. The van der Waals surface area contributed by atoms with Gasteiger partial charge < -0.3 is 0 Å². The number of nitrogens with zero attached hydrogens (tertiary/aromatic N) is 2. The summed E-state index contributed by atoms with van der Waals surface area (Å²) in [5.74, 6) is 0.